The molecule has 10 heteroatoms. The molecule has 0 fully saturated rings. The van der Waals surface area contributed by atoms with Crippen molar-refractivity contribution in [1.29, 1.82) is 5.41 Å². The van der Waals surface area contributed by atoms with E-state index < -0.39 is 29.8 Å². The highest BCUT2D eigenvalue weighted by molar-refractivity contribution is 6.09. The molecule has 2 rings (SSSR count). The summed E-state index contributed by atoms with van der Waals surface area (Å²) in [6.07, 6.45) is -1.31. The molecule has 2 aromatic rings. The van der Waals surface area contributed by atoms with Gasteiger partial charge in [0.25, 0.3) is 0 Å². The Balaban J connectivity index is 1.84. The summed E-state index contributed by atoms with van der Waals surface area (Å²) in [4.78, 5) is 47.6. The van der Waals surface area contributed by atoms with Crippen molar-refractivity contribution in [2.45, 2.75) is 32.3 Å². The summed E-state index contributed by atoms with van der Waals surface area (Å²) in [5, 5.41) is 18.8. The number of anilines is 1. The number of nitrogens with one attached hydrogen (secondary N) is 2. The van der Waals surface area contributed by atoms with Crippen molar-refractivity contribution in [1.82, 2.24) is 4.90 Å². The first-order valence-electron chi connectivity index (χ1n) is 9.74. The van der Waals surface area contributed by atoms with Gasteiger partial charge in [-0.3, -0.25) is 19.8 Å². The van der Waals surface area contributed by atoms with E-state index in [1.165, 1.54) is 0 Å². The molecule has 0 atom stereocenters. The van der Waals surface area contributed by atoms with Crippen LogP contribution in [-0.4, -0.2) is 39.8 Å². The molecular weight excluding hydrogens is 416 g/mol. The number of imide groups is 1. The Morgan fingerprint density at radius 1 is 0.938 bits per heavy atom. The van der Waals surface area contributed by atoms with Crippen molar-refractivity contribution in [2.75, 3.05) is 5.32 Å². The van der Waals surface area contributed by atoms with E-state index in [0.29, 0.717) is 22.6 Å². The van der Waals surface area contributed by atoms with Gasteiger partial charge in [-0.25, -0.2) is 4.79 Å². The number of nitrogens with two attached hydrogens (primary N) is 1. The highest BCUT2D eigenvalue weighted by Gasteiger charge is 2.26. The zero-order valence-corrected chi connectivity index (χ0v) is 17.2. The number of aliphatic carboxylic acids is 1. The molecule has 0 saturated heterocycles. The van der Waals surface area contributed by atoms with Crippen LogP contribution in [-0.2, 0) is 32.1 Å². The van der Waals surface area contributed by atoms with Gasteiger partial charge in [-0.1, -0.05) is 42.5 Å². The molecule has 0 spiro atoms. The molecule has 0 aliphatic rings. The van der Waals surface area contributed by atoms with E-state index in [1.807, 2.05) is 0 Å². The van der Waals surface area contributed by atoms with Crippen LogP contribution in [0.1, 0.15) is 30.4 Å². The van der Waals surface area contributed by atoms with Gasteiger partial charge in [0.15, 0.2) is 0 Å². The molecule has 32 heavy (non-hydrogen) atoms. The van der Waals surface area contributed by atoms with Crippen molar-refractivity contribution < 1.29 is 29.0 Å². The number of guanidine groups is 1. The second-order valence-electron chi connectivity index (χ2n) is 6.79. The second kappa shape index (κ2) is 11.8. The van der Waals surface area contributed by atoms with Crippen LogP contribution in [0.3, 0.4) is 0 Å². The van der Waals surface area contributed by atoms with Gasteiger partial charge in [0.1, 0.15) is 6.61 Å². The Morgan fingerprint density at radius 2 is 1.59 bits per heavy atom. The number of benzene rings is 2. The summed E-state index contributed by atoms with van der Waals surface area (Å²) in [5.41, 5.74) is 7.34. The molecule has 0 aliphatic carbocycles. The van der Waals surface area contributed by atoms with Gasteiger partial charge in [0, 0.05) is 24.9 Å². The number of hydrogen-bond donors (Lipinski definition) is 4. The molecule has 168 valence electrons. The molecule has 3 amide bonds. The molecule has 5 N–H and O–H groups in total. The third-order valence-electron chi connectivity index (χ3n) is 4.31. The van der Waals surface area contributed by atoms with E-state index >= 15 is 0 Å². The first kappa shape index (κ1) is 24.1. The lowest BCUT2D eigenvalue weighted by molar-refractivity contribution is -0.137. The highest BCUT2D eigenvalue weighted by Crippen LogP contribution is 2.12. The normalized spacial score (nSPS) is 10.1. The predicted octanol–water partition coefficient (Wildman–Crippen LogP) is 2.48. The fourth-order valence-electron chi connectivity index (χ4n) is 2.68. The van der Waals surface area contributed by atoms with Crippen LogP contribution in [0, 0.1) is 5.41 Å². The standard InChI is InChI=1S/C22H24N4O6/c23-21(24)26(22(31)32-14-16-4-2-1-3-5-16)19(28)12-11-18(27)25-17-9-6-15(7-10-17)8-13-20(29)30/h1-7,9-10H,8,11-14H2,(H3,23,24)(H,25,27)(H,29,30). The second-order valence-corrected chi connectivity index (χ2v) is 6.79. The first-order valence-corrected chi connectivity index (χ1v) is 9.74. The molecule has 0 aromatic heterocycles. The maximum Gasteiger partial charge on any atom is 0.423 e. The van der Waals surface area contributed by atoms with Crippen LogP contribution in [0.2, 0.25) is 0 Å². The Hall–Kier alpha value is -4.21. The quantitative estimate of drug-likeness (QED) is 0.344. The van der Waals surface area contributed by atoms with Crippen LogP contribution in [0.15, 0.2) is 54.6 Å². The number of hydrogen-bond acceptors (Lipinski definition) is 6. The van der Waals surface area contributed by atoms with E-state index in [4.69, 9.17) is 21.0 Å². The van der Waals surface area contributed by atoms with Gasteiger partial charge in [-0.15, -0.1) is 0 Å². The number of carboxylic acid groups (broad SMARTS) is 1. The van der Waals surface area contributed by atoms with Crippen molar-refractivity contribution >= 4 is 35.5 Å². The monoisotopic (exact) mass is 440 g/mol. The minimum absolute atomic E-state index is 0.00818. The first-order chi connectivity index (χ1) is 15.3. The number of amides is 3. The van der Waals surface area contributed by atoms with Gasteiger partial charge < -0.3 is 20.9 Å². The maximum absolute atomic E-state index is 12.3. The smallest absolute Gasteiger partial charge is 0.423 e. The summed E-state index contributed by atoms with van der Waals surface area (Å²) in [6, 6.07) is 15.4. The van der Waals surface area contributed by atoms with Crippen molar-refractivity contribution in [3.05, 3.63) is 65.7 Å². The number of ether oxygens (including phenoxy) is 1. The number of nitrogens with zero attached hydrogens (tertiary/aromatic N) is 1. The summed E-state index contributed by atoms with van der Waals surface area (Å²) in [6.45, 7) is -0.0975. The third-order valence-corrected chi connectivity index (χ3v) is 4.31. The Morgan fingerprint density at radius 3 is 2.19 bits per heavy atom. The zero-order valence-electron chi connectivity index (χ0n) is 17.2. The van der Waals surface area contributed by atoms with Gasteiger partial charge in [0.05, 0.1) is 0 Å². The number of rotatable bonds is 9. The summed E-state index contributed by atoms with van der Waals surface area (Å²) in [7, 11) is 0. The van der Waals surface area contributed by atoms with E-state index in [1.54, 1.807) is 54.6 Å². The van der Waals surface area contributed by atoms with Gasteiger partial charge in [-0.2, -0.15) is 4.90 Å². The molecule has 2 aromatic carbocycles. The average molecular weight is 440 g/mol. The lowest BCUT2D eigenvalue weighted by atomic mass is 10.1. The molecule has 0 heterocycles. The van der Waals surface area contributed by atoms with Gasteiger partial charge in [-0.05, 0) is 29.7 Å². The van der Waals surface area contributed by atoms with Crippen LogP contribution in [0.25, 0.3) is 0 Å². The minimum Gasteiger partial charge on any atom is -0.481 e. The van der Waals surface area contributed by atoms with Crippen LogP contribution in [0.5, 0.6) is 0 Å². The molecular formula is C22H24N4O6. The highest BCUT2D eigenvalue weighted by atomic mass is 16.6. The molecule has 0 saturated carbocycles. The maximum atomic E-state index is 12.3. The summed E-state index contributed by atoms with van der Waals surface area (Å²) < 4.78 is 5.03. The van der Waals surface area contributed by atoms with E-state index in [2.05, 4.69) is 5.32 Å². The van der Waals surface area contributed by atoms with E-state index in [-0.39, 0.29) is 25.9 Å². The van der Waals surface area contributed by atoms with Crippen molar-refractivity contribution in [2.24, 2.45) is 5.73 Å². The average Bonchev–Trinajstić information content (AvgIpc) is 2.76. The lowest BCUT2D eigenvalue weighted by Crippen LogP contribution is -2.45. The Labute approximate surface area is 184 Å². The summed E-state index contributed by atoms with van der Waals surface area (Å²) in [5.74, 6) is -3.01. The third kappa shape index (κ3) is 7.90. The molecule has 10 nitrogen and oxygen atoms in total. The van der Waals surface area contributed by atoms with Crippen LogP contribution < -0.4 is 11.1 Å². The molecule has 0 aliphatic heterocycles. The number of aryl methyl sites for hydroxylation is 1. The lowest BCUT2D eigenvalue weighted by Gasteiger charge is -2.18. The molecule has 0 radical (unpaired) electrons. The molecule has 0 unspecified atom stereocenters. The Bertz CT molecular complexity index is 976. The largest absolute Gasteiger partial charge is 0.481 e. The van der Waals surface area contributed by atoms with E-state index in [9.17, 15) is 19.2 Å². The van der Waals surface area contributed by atoms with Crippen LogP contribution >= 0.6 is 0 Å². The topological polar surface area (TPSA) is 163 Å². The molecule has 0 bridgehead atoms. The predicted molar refractivity (Wildman–Crippen MR) is 116 cm³/mol. The fourth-order valence-corrected chi connectivity index (χ4v) is 2.68. The Kier molecular flexibility index (Phi) is 8.91. The number of carbonyl (C=O) groups excluding carboxylic acids is 3. The van der Waals surface area contributed by atoms with Crippen molar-refractivity contribution in [3.8, 4) is 0 Å². The van der Waals surface area contributed by atoms with Gasteiger partial charge >= 0.3 is 12.1 Å². The van der Waals surface area contributed by atoms with Gasteiger partial charge in [0.2, 0.25) is 17.8 Å². The van der Waals surface area contributed by atoms with Crippen LogP contribution in [0.4, 0.5) is 10.5 Å². The van der Waals surface area contributed by atoms with Crippen molar-refractivity contribution in [3.63, 3.8) is 0 Å². The number of carboxylic acids is 1. The van der Waals surface area contributed by atoms with E-state index in [0.717, 1.165) is 5.56 Å². The SMILES string of the molecule is N=C(N)N(C(=O)CCC(=O)Nc1ccc(CCC(=O)O)cc1)C(=O)OCc1ccccc1. The summed E-state index contributed by atoms with van der Waals surface area (Å²) >= 11 is 0. The zero-order chi connectivity index (χ0) is 23.5. The fraction of sp³-hybridized carbons (Fsp3) is 0.227. The number of carbonyl (C=O) groups is 4. The minimum atomic E-state index is -1.09.